The van der Waals surface area contributed by atoms with Crippen molar-refractivity contribution in [2.45, 2.75) is 45.2 Å². The minimum Gasteiger partial charge on any atom is -0.348 e. The first-order valence-electron chi connectivity index (χ1n) is 7.89. The lowest BCUT2D eigenvalue weighted by Gasteiger charge is -2.29. The van der Waals surface area contributed by atoms with Gasteiger partial charge in [-0.1, -0.05) is 31.9 Å². The van der Waals surface area contributed by atoms with Gasteiger partial charge in [0.05, 0.1) is 7.05 Å². The monoisotopic (exact) mass is 293 g/mol. The standard InChI is InChI=1S/C17H25FN2O/c1-13-5-3-4-6-16(13)19-17(21)12-20(2)11-14-7-9-15(18)10-8-14/h7-10,13,16H,3-6,11-12H2,1-2H3,(H,19,21)/p+1/t13-,16-/m0/s1. The number of amides is 1. The second-order valence-electron chi connectivity index (χ2n) is 6.37. The molecule has 3 nitrogen and oxygen atoms in total. The van der Waals surface area contributed by atoms with Crippen LogP contribution in [0.2, 0.25) is 0 Å². The van der Waals surface area contributed by atoms with Crippen molar-refractivity contribution in [3.63, 3.8) is 0 Å². The molecule has 4 heteroatoms. The molecule has 116 valence electrons. The number of hydrogen-bond acceptors (Lipinski definition) is 1. The van der Waals surface area contributed by atoms with E-state index in [1.807, 2.05) is 7.05 Å². The van der Waals surface area contributed by atoms with Crippen molar-refractivity contribution in [3.8, 4) is 0 Å². The van der Waals surface area contributed by atoms with E-state index in [9.17, 15) is 9.18 Å². The molecular weight excluding hydrogens is 267 g/mol. The number of rotatable bonds is 5. The van der Waals surface area contributed by atoms with Gasteiger partial charge in [-0.25, -0.2) is 4.39 Å². The SMILES string of the molecule is C[C@H]1CCCC[C@@H]1NC(=O)C[NH+](C)Cc1ccc(F)cc1. The Morgan fingerprint density at radius 1 is 1.29 bits per heavy atom. The van der Waals surface area contributed by atoms with Crippen LogP contribution in [0.4, 0.5) is 4.39 Å². The van der Waals surface area contributed by atoms with Crippen LogP contribution in [0, 0.1) is 11.7 Å². The third kappa shape index (κ3) is 5.12. The Morgan fingerprint density at radius 3 is 2.62 bits per heavy atom. The molecule has 1 unspecified atom stereocenters. The van der Waals surface area contributed by atoms with Gasteiger partial charge in [0.2, 0.25) is 0 Å². The van der Waals surface area contributed by atoms with Crippen LogP contribution >= 0.6 is 0 Å². The molecule has 0 bridgehead atoms. The van der Waals surface area contributed by atoms with E-state index in [-0.39, 0.29) is 11.7 Å². The van der Waals surface area contributed by atoms with Gasteiger partial charge >= 0.3 is 0 Å². The highest BCUT2D eigenvalue weighted by atomic mass is 19.1. The molecule has 0 heterocycles. The maximum absolute atomic E-state index is 12.9. The van der Waals surface area contributed by atoms with Crippen molar-refractivity contribution in [1.82, 2.24) is 5.32 Å². The van der Waals surface area contributed by atoms with E-state index >= 15 is 0 Å². The molecule has 0 saturated heterocycles. The highest BCUT2D eigenvalue weighted by Gasteiger charge is 2.23. The van der Waals surface area contributed by atoms with Crippen molar-refractivity contribution >= 4 is 5.91 Å². The Balaban J connectivity index is 1.77. The minimum atomic E-state index is -0.222. The Morgan fingerprint density at radius 2 is 1.95 bits per heavy atom. The summed E-state index contributed by atoms with van der Waals surface area (Å²) in [4.78, 5) is 13.2. The van der Waals surface area contributed by atoms with Gasteiger partial charge in [-0.15, -0.1) is 0 Å². The molecule has 1 aromatic carbocycles. The third-order valence-electron chi connectivity index (χ3n) is 4.34. The zero-order chi connectivity index (χ0) is 15.2. The van der Waals surface area contributed by atoms with E-state index in [1.165, 1.54) is 31.4 Å². The van der Waals surface area contributed by atoms with Crippen molar-refractivity contribution in [1.29, 1.82) is 0 Å². The lowest BCUT2D eigenvalue weighted by atomic mass is 9.86. The highest BCUT2D eigenvalue weighted by molar-refractivity contribution is 5.77. The molecule has 1 fully saturated rings. The zero-order valence-electron chi connectivity index (χ0n) is 13.0. The summed E-state index contributed by atoms with van der Waals surface area (Å²) in [5, 5.41) is 3.17. The number of hydrogen-bond donors (Lipinski definition) is 2. The molecule has 1 aromatic rings. The van der Waals surface area contributed by atoms with Crippen LogP contribution in [0.3, 0.4) is 0 Å². The fourth-order valence-corrected chi connectivity index (χ4v) is 3.08. The maximum Gasteiger partial charge on any atom is 0.275 e. The molecule has 3 atom stereocenters. The van der Waals surface area contributed by atoms with E-state index in [4.69, 9.17) is 0 Å². The molecule has 21 heavy (non-hydrogen) atoms. The molecule has 1 aliphatic rings. The molecule has 0 radical (unpaired) electrons. The van der Waals surface area contributed by atoms with Crippen molar-refractivity contribution in [2.75, 3.05) is 13.6 Å². The van der Waals surface area contributed by atoms with Gasteiger partial charge in [0.1, 0.15) is 12.4 Å². The number of quaternary nitrogens is 1. The van der Waals surface area contributed by atoms with E-state index in [0.29, 0.717) is 18.5 Å². The quantitative estimate of drug-likeness (QED) is 0.848. The van der Waals surface area contributed by atoms with E-state index in [2.05, 4.69) is 12.2 Å². The zero-order valence-corrected chi connectivity index (χ0v) is 13.0. The fraction of sp³-hybridized carbons (Fsp3) is 0.588. The highest BCUT2D eigenvalue weighted by Crippen LogP contribution is 2.23. The second kappa shape index (κ2) is 7.55. The van der Waals surface area contributed by atoms with Gasteiger partial charge in [-0.3, -0.25) is 4.79 Å². The Hall–Kier alpha value is -1.42. The predicted molar refractivity (Wildman–Crippen MR) is 81.4 cm³/mol. The van der Waals surface area contributed by atoms with Crippen LogP contribution in [0.25, 0.3) is 0 Å². The van der Waals surface area contributed by atoms with Gasteiger partial charge in [-0.05, 0) is 30.9 Å². The van der Waals surface area contributed by atoms with E-state index in [0.717, 1.165) is 23.4 Å². The van der Waals surface area contributed by atoms with Gasteiger partial charge in [0, 0.05) is 11.6 Å². The van der Waals surface area contributed by atoms with Crippen LogP contribution < -0.4 is 10.2 Å². The number of halogens is 1. The number of benzene rings is 1. The first kappa shape index (κ1) is 16.0. The maximum atomic E-state index is 12.9. The van der Waals surface area contributed by atoms with Gasteiger partial charge < -0.3 is 10.2 Å². The van der Waals surface area contributed by atoms with Gasteiger partial charge in [0.25, 0.3) is 5.91 Å². The topological polar surface area (TPSA) is 33.5 Å². The van der Waals surface area contributed by atoms with Gasteiger partial charge in [-0.2, -0.15) is 0 Å². The second-order valence-corrected chi connectivity index (χ2v) is 6.37. The van der Waals surface area contributed by atoms with Crippen LogP contribution in [-0.4, -0.2) is 25.5 Å². The molecule has 0 aromatic heterocycles. The summed E-state index contributed by atoms with van der Waals surface area (Å²) in [6.07, 6.45) is 4.81. The van der Waals surface area contributed by atoms with Crippen molar-refractivity contribution in [3.05, 3.63) is 35.6 Å². The molecular formula is C17H26FN2O+. The molecule has 2 N–H and O–H groups in total. The van der Waals surface area contributed by atoms with Crippen LogP contribution in [0.1, 0.15) is 38.2 Å². The van der Waals surface area contributed by atoms with Crippen LogP contribution in [0.15, 0.2) is 24.3 Å². The Kier molecular flexibility index (Phi) is 5.74. The summed E-state index contributed by atoms with van der Waals surface area (Å²) < 4.78 is 12.9. The largest absolute Gasteiger partial charge is 0.348 e. The number of carbonyl (C=O) groups is 1. The normalized spacial score (nSPS) is 23.6. The van der Waals surface area contributed by atoms with Crippen molar-refractivity contribution < 1.29 is 14.1 Å². The summed E-state index contributed by atoms with van der Waals surface area (Å²) in [5.41, 5.74) is 1.05. The van der Waals surface area contributed by atoms with Crippen LogP contribution in [-0.2, 0) is 11.3 Å². The Bertz CT molecular complexity index is 460. The molecule has 0 aliphatic heterocycles. The fourth-order valence-electron chi connectivity index (χ4n) is 3.08. The molecule has 0 spiro atoms. The third-order valence-corrected chi connectivity index (χ3v) is 4.34. The molecule has 1 aliphatic carbocycles. The number of carbonyl (C=O) groups excluding carboxylic acids is 1. The first-order chi connectivity index (χ1) is 10.0. The van der Waals surface area contributed by atoms with E-state index in [1.54, 1.807) is 12.1 Å². The lowest BCUT2D eigenvalue weighted by molar-refractivity contribution is -0.885. The lowest BCUT2D eigenvalue weighted by Crippen LogP contribution is -3.09. The average Bonchev–Trinajstić information content (AvgIpc) is 2.44. The number of nitrogens with one attached hydrogen (secondary N) is 2. The molecule has 1 saturated carbocycles. The predicted octanol–water partition coefficient (Wildman–Crippen LogP) is 1.54. The first-order valence-corrected chi connectivity index (χ1v) is 7.89. The Labute approximate surface area is 126 Å². The summed E-state index contributed by atoms with van der Waals surface area (Å²) in [5.74, 6) is 0.480. The summed E-state index contributed by atoms with van der Waals surface area (Å²) in [7, 11) is 1.99. The molecule has 1 amide bonds. The molecule has 2 rings (SSSR count). The van der Waals surface area contributed by atoms with E-state index < -0.39 is 0 Å². The number of likely N-dealkylation sites (N-methyl/N-ethyl adjacent to an activating group) is 1. The van der Waals surface area contributed by atoms with Crippen LogP contribution in [0.5, 0.6) is 0 Å². The van der Waals surface area contributed by atoms with Gasteiger partial charge in [0.15, 0.2) is 6.54 Å². The summed E-state index contributed by atoms with van der Waals surface area (Å²) in [6.45, 7) is 3.41. The summed E-state index contributed by atoms with van der Waals surface area (Å²) >= 11 is 0. The average molecular weight is 293 g/mol. The summed E-state index contributed by atoms with van der Waals surface area (Å²) in [6, 6.07) is 6.82. The van der Waals surface area contributed by atoms with Crippen molar-refractivity contribution in [2.24, 2.45) is 5.92 Å². The minimum absolute atomic E-state index is 0.119. The smallest absolute Gasteiger partial charge is 0.275 e.